The minimum atomic E-state index is 0. The highest BCUT2D eigenvalue weighted by atomic mass is 127. The maximum atomic E-state index is 5.88. The van der Waals surface area contributed by atoms with Crippen molar-refractivity contribution < 1.29 is 4.74 Å². The van der Waals surface area contributed by atoms with Gasteiger partial charge in [-0.3, -0.25) is 9.88 Å². The number of aromatic nitrogens is 1. The summed E-state index contributed by atoms with van der Waals surface area (Å²) in [5, 5.41) is 6.78. The van der Waals surface area contributed by atoms with Crippen LogP contribution in [0.4, 0.5) is 0 Å². The zero-order chi connectivity index (χ0) is 21.8. The Balaban J connectivity index is 0.00000480. The Morgan fingerprint density at radius 3 is 2.48 bits per heavy atom. The smallest absolute Gasteiger partial charge is 0.191 e. The molecule has 0 aliphatic rings. The first-order valence-corrected chi connectivity index (χ1v) is 10.9. The summed E-state index contributed by atoms with van der Waals surface area (Å²) < 4.78 is 5.88. The van der Waals surface area contributed by atoms with Crippen molar-refractivity contribution >= 4 is 29.9 Å². The number of ether oxygens (including phenoxy) is 1. The van der Waals surface area contributed by atoms with E-state index in [0.29, 0.717) is 25.2 Å². The molecule has 0 saturated carbocycles. The van der Waals surface area contributed by atoms with Gasteiger partial charge in [0.05, 0.1) is 12.2 Å². The Morgan fingerprint density at radius 1 is 1.06 bits per heavy atom. The molecular formula is C24H38IN5O. The Morgan fingerprint density at radius 2 is 1.84 bits per heavy atom. The molecule has 7 heteroatoms. The maximum Gasteiger partial charge on any atom is 0.191 e. The fourth-order valence-corrected chi connectivity index (χ4v) is 3.30. The van der Waals surface area contributed by atoms with E-state index in [1.165, 1.54) is 0 Å². The van der Waals surface area contributed by atoms with Gasteiger partial charge in [0.15, 0.2) is 5.96 Å². The second-order valence-corrected chi connectivity index (χ2v) is 7.80. The van der Waals surface area contributed by atoms with Crippen molar-refractivity contribution in [3.8, 4) is 5.75 Å². The molecule has 1 aromatic carbocycles. The van der Waals surface area contributed by atoms with E-state index in [4.69, 9.17) is 9.73 Å². The molecule has 2 rings (SSSR count). The number of hydrogen-bond acceptors (Lipinski definition) is 4. The highest BCUT2D eigenvalue weighted by Crippen LogP contribution is 2.15. The van der Waals surface area contributed by atoms with Gasteiger partial charge in [0.2, 0.25) is 0 Å². The molecule has 0 atom stereocenters. The predicted octanol–water partition coefficient (Wildman–Crippen LogP) is 4.45. The second kappa shape index (κ2) is 15.0. The quantitative estimate of drug-likeness (QED) is 0.251. The minimum Gasteiger partial charge on any atom is -0.487 e. The van der Waals surface area contributed by atoms with Gasteiger partial charge >= 0.3 is 0 Å². The van der Waals surface area contributed by atoms with Gasteiger partial charge in [0.1, 0.15) is 12.4 Å². The molecule has 1 heterocycles. The van der Waals surface area contributed by atoms with E-state index < -0.39 is 0 Å². The lowest BCUT2D eigenvalue weighted by Crippen LogP contribution is -2.45. The average Bonchev–Trinajstić information content (AvgIpc) is 2.74. The van der Waals surface area contributed by atoms with Crippen LogP contribution in [-0.2, 0) is 13.2 Å². The van der Waals surface area contributed by atoms with Crippen molar-refractivity contribution in [3.05, 3.63) is 59.9 Å². The van der Waals surface area contributed by atoms with Crippen LogP contribution < -0.4 is 15.4 Å². The molecule has 0 spiro atoms. The largest absolute Gasteiger partial charge is 0.487 e. The number of hydrogen-bond donors (Lipinski definition) is 2. The van der Waals surface area contributed by atoms with Gasteiger partial charge in [-0.05, 0) is 64.4 Å². The number of nitrogens with zero attached hydrogens (tertiary/aromatic N) is 3. The van der Waals surface area contributed by atoms with Gasteiger partial charge in [0, 0.05) is 37.9 Å². The topological polar surface area (TPSA) is 61.8 Å². The molecule has 0 fully saturated rings. The number of pyridine rings is 1. The zero-order valence-electron chi connectivity index (χ0n) is 19.5. The van der Waals surface area contributed by atoms with Crippen molar-refractivity contribution in [3.63, 3.8) is 0 Å². The molecule has 0 amide bonds. The van der Waals surface area contributed by atoms with Crippen LogP contribution in [0.15, 0.2) is 53.7 Å². The fraction of sp³-hybridized carbons (Fsp3) is 0.500. The SMILES string of the molecule is CCNC(=NCc1cccc(OCc2ccccn2)c1)NCCN(C(C)C)C(C)C.I. The fourth-order valence-electron chi connectivity index (χ4n) is 3.30. The van der Waals surface area contributed by atoms with Crippen LogP contribution in [0.3, 0.4) is 0 Å². The molecule has 0 bridgehead atoms. The van der Waals surface area contributed by atoms with Gasteiger partial charge in [-0.2, -0.15) is 0 Å². The van der Waals surface area contributed by atoms with Gasteiger partial charge < -0.3 is 15.4 Å². The molecule has 31 heavy (non-hydrogen) atoms. The van der Waals surface area contributed by atoms with E-state index in [1.54, 1.807) is 6.20 Å². The van der Waals surface area contributed by atoms with Crippen molar-refractivity contribution in [2.75, 3.05) is 19.6 Å². The van der Waals surface area contributed by atoms with Gasteiger partial charge in [0.25, 0.3) is 0 Å². The first-order chi connectivity index (χ1) is 14.5. The lowest BCUT2D eigenvalue weighted by Gasteiger charge is -2.30. The molecule has 6 nitrogen and oxygen atoms in total. The molecule has 0 radical (unpaired) electrons. The molecule has 0 aliphatic heterocycles. The first-order valence-electron chi connectivity index (χ1n) is 10.9. The van der Waals surface area contributed by atoms with Crippen LogP contribution in [-0.4, -0.2) is 47.6 Å². The molecule has 1 aromatic heterocycles. The number of halogens is 1. The zero-order valence-corrected chi connectivity index (χ0v) is 21.8. The van der Waals surface area contributed by atoms with Crippen LogP contribution in [0.2, 0.25) is 0 Å². The monoisotopic (exact) mass is 539 g/mol. The first kappa shape index (κ1) is 27.2. The van der Waals surface area contributed by atoms with E-state index in [-0.39, 0.29) is 24.0 Å². The van der Waals surface area contributed by atoms with Crippen molar-refractivity contribution in [2.45, 2.75) is 59.9 Å². The summed E-state index contributed by atoms with van der Waals surface area (Å²) in [5.41, 5.74) is 2.02. The minimum absolute atomic E-state index is 0. The van der Waals surface area contributed by atoms with Crippen molar-refractivity contribution in [1.29, 1.82) is 0 Å². The Kier molecular flexibility index (Phi) is 13.2. The Bertz CT molecular complexity index is 760. The summed E-state index contributed by atoms with van der Waals surface area (Å²) in [7, 11) is 0. The van der Waals surface area contributed by atoms with Crippen molar-refractivity contribution in [2.24, 2.45) is 4.99 Å². The lowest BCUT2D eigenvalue weighted by molar-refractivity contribution is 0.178. The van der Waals surface area contributed by atoms with Crippen LogP contribution >= 0.6 is 24.0 Å². The molecule has 0 saturated heterocycles. The van der Waals surface area contributed by atoms with E-state index in [9.17, 15) is 0 Å². The van der Waals surface area contributed by atoms with Crippen molar-refractivity contribution in [1.82, 2.24) is 20.5 Å². The third kappa shape index (κ3) is 10.3. The highest BCUT2D eigenvalue weighted by molar-refractivity contribution is 14.0. The summed E-state index contributed by atoms with van der Waals surface area (Å²) in [6.07, 6.45) is 1.78. The predicted molar refractivity (Wildman–Crippen MR) is 140 cm³/mol. The number of aliphatic imine (C=N–C) groups is 1. The van der Waals surface area contributed by atoms with E-state index in [0.717, 1.165) is 42.6 Å². The van der Waals surface area contributed by atoms with E-state index in [2.05, 4.69) is 61.2 Å². The van der Waals surface area contributed by atoms with Gasteiger partial charge in [-0.1, -0.05) is 18.2 Å². The molecule has 2 N–H and O–H groups in total. The highest BCUT2D eigenvalue weighted by Gasteiger charge is 2.12. The lowest BCUT2D eigenvalue weighted by atomic mass is 10.2. The standard InChI is InChI=1S/C24H37N5O.HI/c1-6-25-24(27-14-15-29(19(2)3)20(4)5)28-17-21-10-9-12-23(16-21)30-18-22-11-7-8-13-26-22;/h7-13,16,19-20H,6,14-15,17-18H2,1-5H3,(H2,25,27,28);1H. The van der Waals surface area contributed by atoms with Crippen LogP contribution in [0.5, 0.6) is 5.75 Å². The summed E-state index contributed by atoms with van der Waals surface area (Å²) in [6, 6.07) is 15.0. The number of nitrogens with one attached hydrogen (secondary N) is 2. The Hall–Kier alpha value is -1.87. The maximum absolute atomic E-state index is 5.88. The molecule has 0 unspecified atom stereocenters. The molecule has 0 aliphatic carbocycles. The number of guanidine groups is 1. The molecule has 2 aromatic rings. The summed E-state index contributed by atoms with van der Waals surface area (Å²) >= 11 is 0. The van der Waals surface area contributed by atoms with E-state index in [1.807, 2.05) is 36.4 Å². The van der Waals surface area contributed by atoms with Gasteiger partial charge in [-0.25, -0.2) is 4.99 Å². The third-order valence-electron chi connectivity index (χ3n) is 4.76. The van der Waals surface area contributed by atoms with Crippen LogP contribution in [0.25, 0.3) is 0 Å². The summed E-state index contributed by atoms with van der Waals surface area (Å²) in [4.78, 5) is 11.5. The second-order valence-electron chi connectivity index (χ2n) is 7.80. The average molecular weight is 540 g/mol. The number of benzene rings is 1. The normalized spacial score (nSPS) is 11.5. The summed E-state index contributed by atoms with van der Waals surface area (Å²) in [6.45, 7) is 14.8. The van der Waals surface area contributed by atoms with Gasteiger partial charge in [-0.15, -0.1) is 24.0 Å². The van der Waals surface area contributed by atoms with E-state index >= 15 is 0 Å². The van der Waals surface area contributed by atoms with Crippen LogP contribution in [0.1, 0.15) is 45.9 Å². The molecular weight excluding hydrogens is 501 g/mol. The summed E-state index contributed by atoms with van der Waals surface area (Å²) in [5.74, 6) is 1.67. The Labute approximate surface area is 204 Å². The molecule has 172 valence electrons. The van der Waals surface area contributed by atoms with Crippen LogP contribution in [0, 0.1) is 0 Å². The third-order valence-corrected chi connectivity index (χ3v) is 4.76. The number of rotatable bonds is 11.